The summed E-state index contributed by atoms with van der Waals surface area (Å²) in [6, 6.07) is 1.49. The van der Waals surface area contributed by atoms with E-state index in [4.69, 9.17) is 23.4 Å². The third-order valence-electron chi connectivity index (χ3n) is 11.9. The highest BCUT2D eigenvalue weighted by atomic mass is 16.6. The van der Waals surface area contributed by atoms with Crippen LogP contribution in [-0.4, -0.2) is 127 Å². The van der Waals surface area contributed by atoms with Gasteiger partial charge in [0.2, 0.25) is 0 Å². The predicted molar refractivity (Wildman–Crippen MR) is 186 cm³/mol. The van der Waals surface area contributed by atoms with Crippen LogP contribution in [0, 0.1) is 34.5 Å². The van der Waals surface area contributed by atoms with Gasteiger partial charge in [0.1, 0.15) is 31.0 Å². The molecule has 0 unspecified atom stereocenters. The quantitative estimate of drug-likeness (QED) is 0.0820. The van der Waals surface area contributed by atoms with Crippen molar-refractivity contribution in [1.29, 1.82) is 0 Å². The number of esters is 4. The summed E-state index contributed by atoms with van der Waals surface area (Å²) in [6.45, 7) is 9.34. The van der Waals surface area contributed by atoms with Crippen molar-refractivity contribution in [1.82, 2.24) is 0 Å². The van der Waals surface area contributed by atoms with Crippen LogP contribution >= 0.6 is 0 Å². The average molecular weight is 783 g/mol. The van der Waals surface area contributed by atoms with E-state index in [2.05, 4.69) is 0 Å². The van der Waals surface area contributed by atoms with Crippen molar-refractivity contribution >= 4 is 29.8 Å². The summed E-state index contributed by atoms with van der Waals surface area (Å²) in [5.74, 6) is -11.8. The van der Waals surface area contributed by atoms with E-state index in [1.807, 2.05) is 0 Å². The Morgan fingerprint density at radius 1 is 0.982 bits per heavy atom. The van der Waals surface area contributed by atoms with E-state index < -0.39 is 145 Å². The normalized spacial score (nSPS) is 33.6. The number of carbonyl (C=O) groups excluding carboxylic acids is 4. The van der Waals surface area contributed by atoms with Crippen LogP contribution in [0.1, 0.15) is 79.7 Å². The molecule has 308 valence electrons. The Hall–Kier alpha value is -3.87. The van der Waals surface area contributed by atoms with E-state index in [1.54, 1.807) is 0 Å². The summed E-state index contributed by atoms with van der Waals surface area (Å²) in [5.41, 5.74) is -6.09. The van der Waals surface area contributed by atoms with Gasteiger partial charge in [0, 0.05) is 35.5 Å². The second-order valence-electron chi connectivity index (χ2n) is 16.3. The van der Waals surface area contributed by atoms with Crippen molar-refractivity contribution in [2.45, 2.75) is 122 Å². The van der Waals surface area contributed by atoms with Crippen LogP contribution in [0.3, 0.4) is 0 Å². The Bertz CT molecular complexity index is 1630. The minimum Gasteiger partial charge on any atom is -0.481 e. The van der Waals surface area contributed by atoms with E-state index in [0.717, 1.165) is 13.8 Å². The molecule has 2 heterocycles. The number of rotatable bonds is 13. The molecule has 1 saturated heterocycles. The summed E-state index contributed by atoms with van der Waals surface area (Å²) in [5, 5.41) is 78.3. The van der Waals surface area contributed by atoms with E-state index >= 15 is 0 Å². The van der Waals surface area contributed by atoms with Gasteiger partial charge < -0.3 is 59.1 Å². The summed E-state index contributed by atoms with van der Waals surface area (Å²) >= 11 is 0. The van der Waals surface area contributed by atoms with Crippen molar-refractivity contribution in [2.75, 3.05) is 13.2 Å². The summed E-state index contributed by atoms with van der Waals surface area (Å²) in [6.07, 6.45) is -11.5. The largest absolute Gasteiger partial charge is 0.481 e. The van der Waals surface area contributed by atoms with E-state index in [-0.39, 0.29) is 11.1 Å². The van der Waals surface area contributed by atoms with Gasteiger partial charge in [0.15, 0.2) is 12.2 Å². The van der Waals surface area contributed by atoms with Gasteiger partial charge in [0.05, 0.1) is 43.7 Å². The minimum atomic E-state index is -2.36. The Morgan fingerprint density at radius 3 is 2.05 bits per heavy atom. The smallest absolute Gasteiger partial charge is 0.335 e. The molecule has 13 atom stereocenters. The zero-order valence-electron chi connectivity index (χ0n) is 32.2. The molecule has 0 aromatic carbocycles. The molecular formula is C38H54O17. The molecule has 55 heavy (non-hydrogen) atoms. The zero-order chi connectivity index (χ0) is 41.5. The first kappa shape index (κ1) is 43.9. The maximum absolute atomic E-state index is 13.8. The third-order valence-corrected chi connectivity index (χ3v) is 11.9. The molecule has 7 N–H and O–H groups in total. The van der Waals surface area contributed by atoms with Gasteiger partial charge >= 0.3 is 29.8 Å². The molecule has 3 aliphatic rings. The number of ether oxygens (including phenoxy) is 4. The van der Waals surface area contributed by atoms with Crippen LogP contribution in [0.2, 0.25) is 0 Å². The van der Waals surface area contributed by atoms with Gasteiger partial charge in [-0.05, 0) is 41.5 Å². The number of aliphatic hydroxyl groups excluding tert-OH is 5. The number of hydrogen-bond acceptors (Lipinski definition) is 16. The Labute approximate surface area is 318 Å². The van der Waals surface area contributed by atoms with Gasteiger partial charge in [-0.15, -0.1) is 0 Å². The first-order valence-electron chi connectivity index (χ1n) is 18.2. The fourth-order valence-electron chi connectivity index (χ4n) is 9.09. The Morgan fingerprint density at radius 2 is 1.56 bits per heavy atom. The molecule has 1 aliphatic heterocycles. The second-order valence-corrected chi connectivity index (χ2v) is 16.3. The number of fused-ring (bicyclic) bond motifs is 2. The molecule has 0 bridgehead atoms. The molecule has 17 nitrogen and oxygen atoms in total. The molecule has 2 aliphatic carbocycles. The van der Waals surface area contributed by atoms with Crippen LogP contribution in [-0.2, 0) is 42.9 Å². The lowest BCUT2D eigenvalue weighted by Crippen LogP contribution is -2.66. The highest BCUT2D eigenvalue weighted by Gasteiger charge is 2.71. The third kappa shape index (κ3) is 7.91. The molecule has 2 fully saturated rings. The monoisotopic (exact) mass is 782 g/mol. The molecule has 4 rings (SSSR count). The first-order chi connectivity index (χ1) is 25.5. The van der Waals surface area contributed by atoms with Crippen molar-refractivity contribution in [3.05, 3.63) is 35.3 Å². The molecule has 1 aromatic rings. The van der Waals surface area contributed by atoms with Crippen molar-refractivity contribution in [2.24, 2.45) is 34.5 Å². The predicted octanol–water partition coefficient (Wildman–Crippen LogP) is 0.608. The van der Waals surface area contributed by atoms with E-state index in [1.165, 1.54) is 60.1 Å². The number of cyclic esters (lactones) is 1. The Balaban J connectivity index is 2.23. The number of carboxylic acids is 1. The van der Waals surface area contributed by atoms with Gasteiger partial charge in [-0.1, -0.05) is 41.5 Å². The van der Waals surface area contributed by atoms with Crippen LogP contribution in [0.25, 0.3) is 0 Å². The number of carbonyl (C=O) groups is 5. The lowest BCUT2D eigenvalue weighted by atomic mass is 9.49. The molecule has 0 amide bonds. The fraction of sp³-hybridized carbons (Fsp3) is 0.711. The van der Waals surface area contributed by atoms with Gasteiger partial charge in [-0.2, -0.15) is 0 Å². The van der Waals surface area contributed by atoms with Gasteiger partial charge in [0.25, 0.3) is 0 Å². The topological polar surface area (TPSA) is 277 Å². The van der Waals surface area contributed by atoms with Gasteiger partial charge in [-0.3, -0.25) is 14.4 Å². The standard InChI is InChI=1S/C38H54O17/c1-16(2)28(44)34(48)54-22-12-24(43)52-14-20-26-31(47)30(46)25(19-9-10-51-13-19)38(26,8)33(55-35(49)29(45)17(3)4)32(53-18(5)40)27(20)37(22,7)21(11-23(41)42)36(6,50)15-39/h9-10,13,16-17,21-22,25,27-33,39,44-47,50H,11-12,14-15H2,1-8H3,(H,41,42)/t21-,22+,25+,27+,28-,29+,30+,31-,32+,33-,36-,37+,38-/m0/s1. The van der Waals surface area contributed by atoms with Crippen LogP contribution in [0.4, 0.5) is 0 Å². The zero-order valence-corrected chi connectivity index (χ0v) is 32.2. The summed E-state index contributed by atoms with van der Waals surface area (Å²) in [7, 11) is 0. The van der Waals surface area contributed by atoms with Crippen molar-refractivity contribution in [3.8, 4) is 0 Å². The lowest BCUT2D eigenvalue weighted by Gasteiger charge is -2.59. The van der Waals surface area contributed by atoms with Crippen LogP contribution in [0.15, 0.2) is 34.2 Å². The first-order valence-corrected chi connectivity index (χ1v) is 18.2. The molecule has 1 aromatic heterocycles. The fourth-order valence-corrected chi connectivity index (χ4v) is 9.09. The summed E-state index contributed by atoms with van der Waals surface area (Å²) < 4.78 is 29.0. The maximum Gasteiger partial charge on any atom is 0.335 e. The van der Waals surface area contributed by atoms with E-state index in [9.17, 15) is 59.7 Å². The number of furan rings is 1. The Kier molecular flexibility index (Phi) is 13.0. The van der Waals surface area contributed by atoms with Gasteiger partial charge in [-0.25, -0.2) is 9.59 Å². The highest BCUT2D eigenvalue weighted by Crippen LogP contribution is 2.65. The molecule has 0 radical (unpaired) electrons. The number of carboxylic acid groups (broad SMARTS) is 1. The molecule has 0 spiro atoms. The van der Waals surface area contributed by atoms with E-state index in [0.29, 0.717) is 5.56 Å². The second kappa shape index (κ2) is 16.3. The maximum atomic E-state index is 13.8. The lowest BCUT2D eigenvalue weighted by molar-refractivity contribution is -0.224. The highest BCUT2D eigenvalue weighted by molar-refractivity contribution is 5.77. The molecular weight excluding hydrogens is 728 g/mol. The van der Waals surface area contributed by atoms with Crippen LogP contribution < -0.4 is 0 Å². The average Bonchev–Trinajstić information content (AvgIpc) is 3.69. The number of hydrogen-bond donors (Lipinski definition) is 7. The SMILES string of the molecule is CC(=O)O[C@@H]1[C@H]2C(=C3[C@H](O)[C@H](O)[C@@H](c4ccoc4)[C@]3(C)[C@H]1OC(=O)[C@H](O)C(C)C)COC(=O)C[C@@H](OC(=O)[C@@H](O)C(C)C)[C@@]2(C)[C@@H](CC(=O)O)[C@@](C)(O)CO. The molecule has 17 heteroatoms. The number of aliphatic carboxylic acids is 1. The van der Waals surface area contributed by atoms with Crippen LogP contribution in [0.5, 0.6) is 0 Å². The summed E-state index contributed by atoms with van der Waals surface area (Å²) in [4.78, 5) is 66.8. The van der Waals surface area contributed by atoms with Crippen molar-refractivity contribution < 1.29 is 83.1 Å². The molecule has 1 saturated carbocycles. The minimum absolute atomic E-state index is 0.0480. The number of aliphatic hydroxyl groups is 6. The van der Waals surface area contributed by atoms with Crippen molar-refractivity contribution in [3.63, 3.8) is 0 Å².